The number of nitrogens with one attached hydrogen (secondary N) is 1. The molecule has 0 saturated carbocycles. The van der Waals surface area contributed by atoms with Gasteiger partial charge in [0, 0.05) is 12.7 Å². The van der Waals surface area contributed by atoms with Gasteiger partial charge in [-0.15, -0.1) is 0 Å². The Labute approximate surface area is 91.5 Å². The molecule has 2 rings (SSSR count). The zero-order chi connectivity index (χ0) is 10.3. The van der Waals surface area contributed by atoms with E-state index in [-0.39, 0.29) is 0 Å². The Morgan fingerprint density at radius 1 is 1.27 bits per heavy atom. The molecule has 1 aliphatic rings. The molecule has 82 valence electrons. The number of hydrogen-bond donors (Lipinski definition) is 1. The van der Waals surface area contributed by atoms with Crippen LogP contribution in [0.2, 0.25) is 0 Å². The first kappa shape index (κ1) is 10.4. The van der Waals surface area contributed by atoms with Crippen LogP contribution in [-0.2, 0) is 0 Å². The lowest BCUT2D eigenvalue weighted by atomic mass is 10.4. The van der Waals surface area contributed by atoms with E-state index in [1.807, 2.05) is 24.4 Å². The fraction of sp³-hybridized carbons (Fsp3) is 0.583. The molecule has 1 aromatic heterocycles. The molecule has 0 aromatic carbocycles. The summed E-state index contributed by atoms with van der Waals surface area (Å²) >= 11 is 0. The molecule has 2 heterocycles. The number of nitrogens with zero attached hydrogens (tertiary/aromatic N) is 2. The van der Waals surface area contributed by atoms with Crippen LogP contribution < -0.4 is 5.32 Å². The molecule has 0 bridgehead atoms. The third-order valence-corrected chi connectivity index (χ3v) is 2.82. The fourth-order valence-electron chi connectivity index (χ4n) is 1.99. The largest absolute Gasteiger partial charge is 0.370 e. The fourth-order valence-corrected chi connectivity index (χ4v) is 1.99. The summed E-state index contributed by atoms with van der Waals surface area (Å²) in [6, 6.07) is 5.96. The Kier molecular flexibility index (Phi) is 3.97. The molecule has 3 nitrogen and oxygen atoms in total. The van der Waals surface area contributed by atoms with Crippen molar-refractivity contribution in [3.63, 3.8) is 0 Å². The van der Waals surface area contributed by atoms with Gasteiger partial charge in [-0.25, -0.2) is 4.98 Å². The van der Waals surface area contributed by atoms with Crippen molar-refractivity contribution in [2.24, 2.45) is 0 Å². The first-order chi connectivity index (χ1) is 7.45. The van der Waals surface area contributed by atoms with Gasteiger partial charge in [-0.2, -0.15) is 0 Å². The summed E-state index contributed by atoms with van der Waals surface area (Å²) in [5, 5.41) is 3.33. The van der Waals surface area contributed by atoms with Crippen molar-refractivity contribution in [3.8, 4) is 0 Å². The van der Waals surface area contributed by atoms with Crippen molar-refractivity contribution >= 4 is 5.82 Å². The van der Waals surface area contributed by atoms with Crippen LogP contribution in [0.5, 0.6) is 0 Å². The molecule has 0 aliphatic carbocycles. The van der Waals surface area contributed by atoms with Gasteiger partial charge in [-0.3, -0.25) is 0 Å². The molecule has 0 amide bonds. The summed E-state index contributed by atoms with van der Waals surface area (Å²) in [4.78, 5) is 6.77. The first-order valence-electron chi connectivity index (χ1n) is 5.82. The second-order valence-corrected chi connectivity index (χ2v) is 4.04. The van der Waals surface area contributed by atoms with Crippen LogP contribution in [-0.4, -0.2) is 36.1 Å². The zero-order valence-electron chi connectivity index (χ0n) is 9.15. The number of rotatable bonds is 5. The maximum atomic E-state index is 4.22. The summed E-state index contributed by atoms with van der Waals surface area (Å²) in [7, 11) is 0. The van der Waals surface area contributed by atoms with Crippen LogP contribution in [0.4, 0.5) is 5.82 Å². The first-order valence-corrected chi connectivity index (χ1v) is 5.82. The van der Waals surface area contributed by atoms with Crippen LogP contribution in [0, 0.1) is 0 Å². The van der Waals surface area contributed by atoms with Gasteiger partial charge < -0.3 is 10.2 Å². The van der Waals surface area contributed by atoms with Crippen LogP contribution >= 0.6 is 0 Å². The van der Waals surface area contributed by atoms with E-state index in [2.05, 4.69) is 15.2 Å². The van der Waals surface area contributed by atoms with E-state index >= 15 is 0 Å². The summed E-state index contributed by atoms with van der Waals surface area (Å²) in [6.45, 7) is 4.83. The number of hydrogen-bond acceptors (Lipinski definition) is 3. The Morgan fingerprint density at radius 2 is 2.13 bits per heavy atom. The third kappa shape index (κ3) is 3.51. The second kappa shape index (κ2) is 5.71. The average molecular weight is 205 g/mol. The lowest BCUT2D eigenvalue weighted by Gasteiger charge is -2.14. The number of anilines is 1. The number of likely N-dealkylation sites (tertiary alicyclic amines) is 1. The van der Waals surface area contributed by atoms with E-state index in [1.54, 1.807) is 0 Å². The molecule has 1 aromatic rings. The van der Waals surface area contributed by atoms with Gasteiger partial charge >= 0.3 is 0 Å². The molecule has 1 fully saturated rings. The monoisotopic (exact) mass is 205 g/mol. The maximum Gasteiger partial charge on any atom is 0.125 e. The molecule has 0 radical (unpaired) electrons. The highest BCUT2D eigenvalue weighted by Gasteiger charge is 2.09. The van der Waals surface area contributed by atoms with Crippen molar-refractivity contribution in [1.29, 1.82) is 0 Å². The van der Waals surface area contributed by atoms with E-state index < -0.39 is 0 Å². The van der Waals surface area contributed by atoms with Crippen molar-refractivity contribution in [2.75, 3.05) is 31.5 Å². The second-order valence-electron chi connectivity index (χ2n) is 4.04. The maximum absolute atomic E-state index is 4.22. The van der Waals surface area contributed by atoms with Crippen LogP contribution in [0.3, 0.4) is 0 Å². The quantitative estimate of drug-likeness (QED) is 0.745. The van der Waals surface area contributed by atoms with Gasteiger partial charge in [-0.05, 0) is 51.0 Å². The summed E-state index contributed by atoms with van der Waals surface area (Å²) in [5.74, 6) is 0.985. The van der Waals surface area contributed by atoms with Gasteiger partial charge in [0.25, 0.3) is 0 Å². The highest BCUT2D eigenvalue weighted by atomic mass is 15.1. The summed E-state index contributed by atoms with van der Waals surface area (Å²) < 4.78 is 0. The highest BCUT2D eigenvalue weighted by molar-refractivity contribution is 5.32. The van der Waals surface area contributed by atoms with Crippen LogP contribution in [0.15, 0.2) is 24.4 Å². The smallest absolute Gasteiger partial charge is 0.125 e. The van der Waals surface area contributed by atoms with E-state index in [0.29, 0.717) is 0 Å². The molecule has 1 N–H and O–H groups in total. The average Bonchev–Trinajstić information content (AvgIpc) is 2.79. The molecule has 1 aliphatic heterocycles. The van der Waals surface area contributed by atoms with Crippen molar-refractivity contribution in [1.82, 2.24) is 9.88 Å². The summed E-state index contributed by atoms with van der Waals surface area (Å²) in [5.41, 5.74) is 0. The standard InChI is InChI=1S/C12H19N3/c1-2-7-13-12(6-1)14-8-5-11-15-9-3-4-10-15/h1-2,6-7H,3-5,8-11H2,(H,13,14). The zero-order valence-corrected chi connectivity index (χ0v) is 9.15. The Hall–Kier alpha value is -1.09. The van der Waals surface area contributed by atoms with E-state index in [9.17, 15) is 0 Å². The summed E-state index contributed by atoms with van der Waals surface area (Å²) in [6.07, 6.45) is 5.79. The molecule has 0 atom stereocenters. The van der Waals surface area contributed by atoms with Gasteiger partial charge in [0.15, 0.2) is 0 Å². The SMILES string of the molecule is c1ccc(NCCCN2CCCC2)nc1. The van der Waals surface area contributed by atoms with Gasteiger partial charge in [0.05, 0.1) is 0 Å². The predicted molar refractivity (Wildman–Crippen MR) is 63.0 cm³/mol. The molecule has 15 heavy (non-hydrogen) atoms. The highest BCUT2D eigenvalue weighted by Crippen LogP contribution is 2.07. The molecular weight excluding hydrogens is 186 g/mol. The van der Waals surface area contributed by atoms with Gasteiger partial charge in [0.1, 0.15) is 5.82 Å². The molecule has 0 unspecified atom stereocenters. The Bertz CT molecular complexity index is 267. The van der Waals surface area contributed by atoms with Crippen molar-refractivity contribution in [3.05, 3.63) is 24.4 Å². The molecule has 1 saturated heterocycles. The minimum Gasteiger partial charge on any atom is -0.370 e. The normalized spacial score (nSPS) is 16.8. The molecule has 0 spiro atoms. The molecule has 3 heteroatoms. The Morgan fingerprint density at radius 3 is 2.87 bits per heavy atom. The van der Waals surface area contributed by atoms with Gasteiger partial charge in [0.2, 0.25) is 0 Å². The van der Waals surface area contributed by atoms with E-state index in [4.69, 9.17) is 0 Å². The predicted octanol–water partition coefficient (Wildman–Crippen LogP) is 1.98. The number of pyridine rings is 1. The van der Waals surface area contributed by atoms with Crippen molar-refractivity contribution < 1.29 is 0 Å². The van der Waals surface area contributed by atoms with Crippen LogP contribution in [0.1, 0.15) is 19.3 Å². The van der Waals surface area contributed by atoms with E-state index in [0.717, 1.165) is 12.4 Å². The lowest BCUT2D eigenvalue weighted by Crippen LogP contribution is -2.22. The van der Waals surface area contributed by atoms with Crippen molar-refractivity contribution in [2.45, 2.75) is 19.3 Å². The Balaban J connectivity index is 1.59. The number of aromatic nitrogens is 1. The topological polar surface area (TPSA) is 28.2 Å². The minimum atomic E-state index is 0.985. The lowest BCUT2D eigenvalue weighted by molar-refractivity contribution is 0.337. The van der Waals surface area contributed by atoms with Gasteiger partial charge in [-0.1, -0.05) is 6.07 Å². The van der Waals surface area contributed by atoms with E-state index in [1.165, 1.54) is 38.9 Å². The van der Waals surface area contributed by atoms with Crippen LogP contribution in [0.25, 0.3) is 0 Å². The molecular formula is C12H19N3. The third-order valence-electron chi connectivity index (χ3n) is 2.82. The minimum absolute atomic E-state index is 0.985.